The highest BCUT2D eigenvalue weighted by Crippen LogP contribution is 2.15. The van der Waals surface area contributed by atoms with Crippen molar-refractivity contribution in [2.75, 3.05) is 6.61 Å². The molecule has 0 aliphatic carbocycles. The van der Waals surface area contributed by atoms with Crippen LogP contribution in [0.2, 0.25) is 0 Å². The van der Waals surface area contributed by atoms with Gasteiger partial charge in [0.2, 0.25) is 0 Å². The maximum absolute atomic E-state index is 11.8. The van der Waals surface area contributed by atoms with E-state index in [9.17, 15) is 9.59 Å². The summed E-state index contributed by atoms with van der Waals surface area (Å²) in [7, 11) is 0. The lowest BCUT2D eigenvalue weighted by Crippen LogP contribution is -2.26. The van der Waals surface area contributed by atoms with Crippen molar-refractivity contribution < 1.29 is 19.1 Å². The van der Waals surface area contributed by atoms with Gasteiger partial charge in [0.05, 0.1) is 12.7 Å². The van der Waals surface area contributed by atoms with Crippen molar-refractivity contribution >= 4 is 11.8 Å². The van der Waals surface area contributed by atoms with Crippen LogP contribution in [0, 0.1) is 12.8 Å². The molecule has 0 bridgehead atoms. The van der Waals surface area contributed by atoms with Crippen LogP contribution in [0.4, 0.5) is 0 Å². The third kappa shape index (κ3) is 6.74. The molecule has 0 aromatic heterocycles. The number of rotatable bonds is 9. The Bertz CT molecular complexity index is 476. The van der Waals surface area contributed by atoms with Crippen molar-refractivity contribution in [3.8, 4) is 5.75 Å². The maximum atomic E-state index is 11.8. The average Bonchev–Trinajstić information content (AvgIpc) is 2.43. The third-order valence-corrected chi connectivity index (χ3v) is 3.30. The van der Waals surface area contributed by atoms with E-state index in [1.165, 1.54) is 12.5 Å². The van der Waals surface area contributed by atoms with Crippen molar-refractivity contribution in [3.05, 3.63) is 29.8 Å². The quantitative estimate of drug-likeness (QED) is 0.396. The molecular weight excluding hydrogens is 280 g/mol. The van der Waals surface area contributed by atoms with Crippen molar-refractivity contribution in [3.63, 3.8) is 0 Å². The van der Waals surface area contributed by atoms with Gasteiger partial charge in [-0.25, -0.2) is 0 Å². The summed E-state index contributed by atoms with van der Waals surface area (Å²) in [6, 6.07) is 7.88. The number of Topliss-reactive ketones (excluding diaryl/α,β-unsaturated/α-hetero) is 1. The van der Waals surface area contributed by atoms with Gasteiger partial charge in [-0.05, 0) is 59.1 Å². The molecule has 0 aliphatic heterocycles. The number of hydrogen-bond donors (Lipinski definition) is 0. The second kappa shape index (κ2) is 9.23. The molecule has 0 N–H and O–H groups in total. The molecule has 1 aromatic carbocycles. The number of benzene rings is 1. The van der Waals surface area contributed by atoms with Gasteiger partial charge in [-0.2, -0.15) is 0 Å². The summed E-state index contributed by atoms with van der Waals surface area (Å²) in [5, 5.41) is 0. The number of ketones is 1. The van der Waals surface area contributed by atoms with Gasteiger partial charge >= 0.3 is 5.97 Å². The molecule has 122 valence electrons. The van der Waals surface area contributed by atoms with E-state index in [0.717, 1.165) is 18.6 Å². The highest BCUT2D eigenvalue weighted by molar-refractivity contribution is 5.97. The zero-order chi connectivity index (χ0) is 16.5. The van der Waals surface area contributed by atoms with E-state index in [2.05, 4.69) is 0 Å². The van der Waals surface area contributed by atoms with Gasteiger partial charge in [0.15, 0.2) is 0 Å². The normalized spacial score (nSPS) is 12.0. The molecule has 0 spiro atoms. The number of hydrogen-bond acceptors (Lipinski definition) is 4. The Morgan fingerprint density at radius 1 is 1.09 bits per heavy atom. The van der Waals surface area contributed by atoms with Crippen LogP contribution in [0.1, 0.15) is 45.6 Å². The summed E-state index contributed by atoms with van der Waals surface area (Å²) < 4.78 is 10.7. The van der Waals surface area contributed by atoms with Gasteiger partial charge in [0, 0.05) is 0 Å². The van der Waals surface area contributed by atoms with Crippen molar-refractivity contribution in [2.45, 2.75) is 53.1 Å². The summed E-state index contributed by atoms with van der Waals surface area (Å²) in [6.07, 6.45) is 1.87. The highest BCUT2D eigenvalue weighted by Gasteiger charge is 2.25. The van der Waals surface area contributed by atoms with Gasteiger partial charge in [-0.1, -0.05) is 17.7 Å². The lowest BCUT2D eigenvalue weighted by Gasteiger charge is -2.15. The molecule has 0 radical (unpaired) electrons. The summed E-state index contributed by atoms with van der Waals surface area (Å²) in [6.45, 7) is 7.61. The van der Waals surface area contributed by atoms with Crippen LogP contribution in [0.5, 0.6) is 5.75 Å². The second-order valence-electron chi connectivity index (χ2n) is 5.81. The number of esters is 1. The Hall–Kier alpha value is -1.84. The first-order valence-corrected chi connectivity index (χ1v) is 7.80. The first-order valence-electron chi connectivity index (χ1n) is 7.80. The molecular formula is C18H26O4. The number of aryl methyl sites for hydroxylation is 1. The number of carbonyl (C=O) groups is 2. The lowest BCUT2D eigenvalue weighted by atomic mass is 9.98. The van der Waals surface area contributed by atoms with Crippen LogP contribution in [0.25, 0.3) is 0 Å². The molecule has 0 heterocycles. The van der Waals surface area contributed by atoms with E-state index < -0.39 is 11.9 Å². The van der Waals surface area contributed by atoms with Crippen LogP contribution >= 0.6 is 0 Å². The first kappa shape index (κ1) is 18.2. The van der Waals surface area contributed by atoms with Gasteiger partial charge in [0.1, 0.15) is 17.5 Å². The molecule has 4 nitrogen and oxygen atoms in total. The lowest BCUT2D eigenvalue weighted by molar-refractivity contribution is -0.155. The molecule has 1 rings (SSSR count). The maximum Gasteiger partial charge on any atom is 0.316 e. The average molecular weight is 306 g/mol. The van der Waals surface area contributed by atoms with Gasteiger partial charge in [0.25, 0.3) is 0 Å². The minimum atomic E-state index is -0.651. The van der Waals surface area contributed by atoms with E-state index in [1.54, 1.807) is 13.8 Å². The zero-order valence-corrected chi connectivity index (χ0v) is 13.9. The van der Waals surface area contributed by atoms with Crippen LogP contribution in [-0.2, 0) is 14.3 Å². The fraction of sp³-hybridized carbons (Fsp3) is 0.556. The molecule has 0 saturated carbocycles. The fourth-order valence-corrected chi connectivity index (χ4v) is 2.08. The Kier molecular flexibility index (Phi) is 7.64. The fourth-order valence-electron chi connectivity index (χ4n) is 2.08. The van der Waals surface area contributed by atoms with E-state index in [1.807, 2.05) is 31.2 Å². The summed E-state index contributed by atoms with van der Waals surface area (Å²) in [5.74, 6) is -0.359. The van der Waals surface area contributed by atoms with Crippen LogP contribution in [-0.4, -0.2) is 24.5 Å². The number of unbranched alkanes of at least 4 members (excludes halogenated alkanes) is 1. The topological polar surface area (TPSA) is 52.6 Å². The minimum Gasteiger partial charge on any atom is -0.494 e. The Balaban J connectivity index is 2.29. The van der Waals surface area contributed by atoms with Crippen LogP contribution < -0.4 is 4.74 Å². The second-order valence-corrected chi connectivity index (χ2v) is 5.81. The number of ether oxygens (including phenoxy) is 2. The van der Waals surface area contributed by atoms with E-state index in [4.69, 9.17) is 9.47 Å². The third-order valence-electron chi connectivity index (χ3n) is 3.30. The minimum absolute atomic E-state index is 0.134. The Morgan fingerprint density at radius 3 is 2.27 bits per heavy atom. The van der Waals surface area contributed by atoms with Crippen LogP contribution in [0.15, 0.2) is 24.3 Å². The molecule has 1 atom stereocenters. The molecule has 0 aliphatic rings. The predicted octanol–water partition coefficient (Wildman–Crippen LogP) is 3.70. The van der Waals surface area contributed by atoms with Gasteiger partial charge in [-0.3, -0.25) is 9.59 Å². The van der Waals surface area contributed by atoms with Crippen molar-refractivity contribution in [1.82, 2.24) is 0 Å². The van der Waals surface area contributed by atoms with E-state index in [0.29, 0.717) is 13.0 Å². The molecule has 0 saturated heterocycles. The zero-order valence-electron chi connectivity index (χ0n) is 13.9. The molecule has 4 heteroatoms. The van der Waals surface area contributed by atoms with E-state index >= 15 is 0 Å². The Labute approximate surface area is 132 Å². The van der Waals surface area contributed by atoms with Crippen LogP contribution in [0.3, 0.4) is 0 Å². The number of carbonyl (C=O) groups excluding carboxylic acids is 2. The molecule has 0 fully saturated rings. The van der Waals surface area contributed by atoms with Gasteiger partial charge < -0.3 is 9.47 Å². The first-order chi connectivity index (χ1) is 10.4. The monoisotopic (exact) mass is 306 g/mol. The molecule has 0 amide bonds. The SMILES string of the molecule is CC(=O)C(CCCCOc1ccc(C)cc1)C(=O)OC(C)C. The van der Waals surface area contributed by atoms with Gasteiger partial charge in [-0.15, -0.1) is 0 Å². The van der Waals surface area contributed by atoms with E-state index in [-0.39, 0.29) is 11.9 Å². The van der Waals surface area contributed by atoms with Crippen molar-refractivity contribution in [1.29, 1.82) is 0 Å². The molecule has 22 heavy (non-hydrogen) atoms. The molecule has 1 aromatic rings. The summed E-state index contributed by atoms with van der Waals surface area (Å²) in [4.78, 5) is 23.4. The van der Waals surface area contributed by atoms with Crippen molar-refractivity contribution in [2.24, 2.45) is 5.92 Å². The predicted molar refractivity (Wildman–Crippen MR) is 85.9 cm³/mol. The summed E-state index contributed by atoms with van der Waals surface area (Å²) >= 11 is 0. The Morgan fingerprint density at radius 2 is 1.73 bits per heavy atom. The highest BCUT2D eigenvalue weighted by atomic mass is 16.5. The molecule has 1 unspecified atom stereocenters. The standard InChI is InChI=1S/C18H26O4/c1-13(2)22-18(20)17(15(4)19)7-5-6-12-21-16-10-8-14(3)9-11-16/h8-11,13,17H,5-7,12H2,1-4H3. The summed E-state index contributed by atoms with van der Waals surface area (Å²) in [5.41, 5.74) is 1.19. The smallest absolute Gasteiger partial charge is 0.316 e. The largest absolute Gasteiger partial charge is 0.494 e.